The Morgan fingerprint density at radius 1 is 1.03 bits per heavy atom. The van der Waals surface area contributed by atoms with Crippen molar-refractivity contribution in [3.8, 4) is 17.2 Å². The highest BCUT2D eigenvalue weighted by molar-refractivity contribution is 6.30. The second-order valence-electron chi connectivity index (χ2n) is 7.62. The fourth-order valence-corrected chi connectivity index (χ4v) is 3.63. The van der Waals surface area contributed by atoms with Gasteiger partial charge in [-0.2, -0.15) is 5.10 Å². The lowest BCUT2D eigenvalue weighted by Crippen LogP contribution is -2.25. The number of ether oxygens (including phenoxy) is 1. The van der Waals surface area contributed by atoms with Crippen LogP contribution >= 0.6 is 11.6 Å². The van der Waals surface area contributed by atoms with Crippen molar-refractivity contribution in [1.82, 2.24) is 19.3 Å². The van der Waals surface area contributed by atoms with Crippen LogP contribution in [0.1, 0.15) is 10.5 Å². The summed E-state index contributed by atoms with van der Waals surface area (Å²) in [5.41, 5.74) is 0.540. The maximum absolute atomic E-state index is 14.8. The van der Waals surface area contributed by atoms with Gasteiger partial charge in [-0.1, -0.05) is 11.6 Å². The number of benzene rings is 2. The molecule has 3 aromatic heterocycles. The van der Waals surface area contributed by atoms with Gasteiger partial charge in [-0.15, -0.1) is 0 Å². The fourth-order valence-electron chi connectivity index (χ4n) is 3.50. The van der Waals surface area contributed by atoms with Crippen molar-refractivity contribution < 1.29 is 13.9 Å². The van der Waals surface area contributed by atoms with Crippen LogP contribution in [0.25, 0.3) is 16.7 Å². The Hall–Kier alpha value is -4.50. The highest BCUT2D eigenvalue weighted by Crippen LogP contribution is 2.31. The SMILES string of the molecule is Cn1ccc2c(Oc3ccc(NC(=O)c4nn(-c5ccc(Cl)cc5)ccc4=O)cc3F)ccnc21. The van der Waals surface area contributed by atoms with Crippen LogP contribution in [0.4, 0.5) is 10.1 Å². The number of carbonyl (C=O) groups is 1. The molecule has 5 rings (SSSR count). The number of hydrogen-bond acceptors (Lipinski definition) is 5. The number of rotatable bonds is 5. The van der Waals surface area contributed by atoms with Gasteiger partial charge in [0.05, 0.1) is 11.1 Å². The number of fused-ring (bicyclic) bond motifs is 1. The normalized spacial score (nSPS) is 10.9. The van der Waals surface area contributed by atoms with Gasteiger partial charge in [-0.25, -0.2) is 14.1 Å². The quantitative estimate of drug-likeness (QED) is 0.377. The number of nitrogens with zero attached hydrogens (tertiary/aromatic N) is 4. The van der Waals surface area contributed by atoms with Gasteiger partial charge in [0, 0.05) is 48.5 Å². The smallest absolute Gasteiger partial charge is 0.280 e. The van der Waals surface area contributed by atoms with Crippen LogP contribution in [-0.4, -0.2) is 25.2 Å². The van der Waals surface area contributed by atoms with E-state index >= 15 is 0 Å². The molecule has 0 spiro atoms. The molecular weight excluding hydrogens is 473 g/mol. The molecule has 1 amide bonds. The molecular formula is C25H17ClFN5O3. The van der Waals surface area contributed by atoms with Gasteiger partial charge >= 0.3 is 0 Å². The molecule has 0 aliphatic heterocycles. The van der Waals surface area contributed by atoms with Gasteiger partial charge in [0.1, 0.15) is 11.4 Å². The molecule has 0 aliphatic rings. The van der Waals surface area contributed by atoms with Crippen LogP contribution in [0.5, 0.6) is 11.5 Å². The van der Waals surface area contributed by atoms with Crippen LogP contribution in [0.3, 0.4) is 0 Å². The van der Waals surface area contributed by atoms with E-state index in [1.165, 1.54) is 29.1 Å². The molecule has 8 nitrogen and oxygen atoms in total. The Labute approximate surface area is 203 Å². The van der Waals surface area contributed by atoms with E-state index < -0.39 is 17.2 Å². The number of halogens is 2. The van der Waals surface area contributed by atoms with Gasteiger partial charge < -0.3 is 14.6 Å². The lowest BCUT2D eigenvalue weighted by Gasteiger charge is -2.11. The predicted molar refractivity (Wildman–Crippen MR) is 130 cm³/mol. The number of aryl methyl sites for hydroxylation is 1. The monoisotopic (exact) mass is 489 g/mol. The summed E-state index contributed by atoms with van der Waals surface area (Å²) in [6.07, 6.45) is 4.85. The zero-order valence-corrected chi connectivity index (χ0v) is 19.0. The van der Waals surface area contributed by atoms with Crippen molar-refractivity contribution in [1.29, 1.82) is 0 Å². The molecule has 0 atom stereocenters. The second-order valence-corrected chi connectivity index (χ2v) is 8.06. The Morgan fingerprint density at radius 3 is 2.60 bits per heavy atom. The topological polar surface area (TPSA) is 91.0 Å². The van der Waals surface area contributed by atoms with Crippen molar-refractivity contribution in [3.05, 3.63) is 106 Å². The molecule has 0 unspecified atom stereocenters. The Balaban J connectivity index is 1.37. The maximum atomic E-state index is 14.8. The molecule has 0 saturated heterocycles. The average molecular weight is 490 g/mol. The zero-order chi connectivity index (χ0) is 24.5. The summed E-state index contributed by atoms with van der Waals surface area (Å²) < 4.78 is 23.8. The van der Waals surface area contributed by atoms with E-state index in [0.29, 0.717) is 22.1 Å². The van der Waals surface area contributed by atoms with Gasteiger partial charge in [0.25, 0.3) is 5.91 Å². The molecule has 0 fully saturated rings. The molecule has 3 heterocycles. The Kier molecular flexibility index (Phi) is 5.76. The molecule has 0 aliphatic carbocycles. The number of carbonyl (C=O) groups excluding carboxylic acids is 1. The number of anilines is 1. The summed E-state index contributed by atoms with van der Waals surface area (Å²) in [6, 6.07) is 15.4. The van der Waals surface area contributed by atoms with Crippen molar-refractivity contribution in [2.75, 3.05) is 5.32 Å². The third kappa shape index (κ3) is 4.49. The fraction of sp³-hybridized carbons (Fsp3) is 0.0400. The average Bonchev–Trinajstić information content (AvgIpc) is 3.23. The number of aromatic nitrogens is 4. The van der Waals surface area contributed by atoms with E-state index in [1.54, 1.807) is 36.5 Å². The molecule has 5 aromatic rings. The van der Waals surface area contributed by atoms with Crippen molar-refractivity contribution in [3.63, 3.8) is 0 Å². The Morgan fingerprint density at radius 2 is 1.83 bits per heavy atom. The number of amides is 1. The molecule has 0 saturated carbocycles. The highest BCUT2D eigenvalue weighted by Gasteiger charge is 2.16. The van der Waals surface area contributed by atoms with Crippen LogP contribution < -0.4 is 15.5 Å². The van der Waals surface area contributed by atoms with E-state index in [0.717, 1.165) is 11.5 Å². The lowest BCUT2D eigenvalue weighted by molar-refractivity contribution is 0.101. The minimum absolute atomic E-state index is 0.0257. The van der Waals surface area contributed by atoms with Crippen molar-refractivity contribution in [2.45, 2.75) is 0 Å². The number of nitrogens with one attached hydrogen (secondary N) is 1. The van der Waals surface area contributed by atoms with E-state index in [9.17, 15) is 14.0 Å². The summed E-state index contributed by atoms with van der Waals surface area (Å²) in [6.45, 7) is 0. The summed E-state index contributed by atoms with van der Waals surface area (Å²) in [7, 11) is 1.85. The molecule has 0 radical (unpaired) electrons. The maximum Gasteiger partial charge on any atom is 0.280 e. The van der Waals surface area contributed by atoms with Gasteiger partial charge in [-0.3, -0.25) is 9.59 Å². The van der Waals surface area contributed by atoms with E-state index in [2.05, 4.69) is 15.4 Å². The lowest BCUT2D eigenvalue weighted by atomic mass is 10.2. The standard InChI is InChI=1S/C25H17ClFN5O3/c1-31-12-9-18-21(8-11-28-24(18)31)35-22-7-4-16(14-19(22)27)29-25(34)23-20(33)10-13-32(30-23)17-5-2-15(26)3-6-17/h2-14H,1H3,(H,29,34). The van der Waals surface area contributed by atoms with E-state index in [4.69, 9.17) is 16.3 Å². The van der Waals surface area contributed by atoms with E-state index in [1.807, 2.05) is 23.9 Å². The van der Waals surface area contributed by atoms with Crippen molar-refractivity contribution >= 4 is 34.2 Å². The van der Waals surface area contributed by atoms with Crippen LogP contribution in [-0.2, 0) is 7.05 Å². The first-order valence-corrected chi connectivity index (χ1v) is 10.8. The minimum atomic E-state index is -0.772. The summed E-state index contributed by atoms with van der Waals surface area (Å²) in [5, 5.41) is 7.90. The van der Waals surface area contributed by atoms with Gasteiger partial charge in [0.2, 0.25) is 5.43 Å². The van der Waals surface area contributed by atoms with Crippen LogP contribution in [0.15, 0.2) is 84.0 Å². The first-order valence-electron chi connectivity index (χ1n) is 10.4. The predicted octanol–water partition coefficient (Wildman–Crippen LogP) is 4.96. The summed E-state index contributed by atoms with van der Waals surface area (Å²) in [5.74, 6) is -1.04. The largest absolute Gasteiger partial charge is 0.453 e. The first-order chi connectivity index (χ1) is 16.9. The molecule has 2 aromatic carbocycles. The second kappa shape index (κ2) is 9.03. The third-order valence-corrected chi connectivity index (χ3v) is 5.50. The van der Waals surface area contributed by atoms with E-state index in [-0.39, 0.29) is 17.1 Å². The molecule has 174 valence electrons. The third-order valence-electron chi connectivity index (χ3n) is 5.25. The molecule has 10 heteroatoms. The van der Waals surface area contributed by atoms with Crippen LogP contribution in [0, 0.1) is 5.82 Å². The van der Waals surface area contributed by atoms with Crippen molar-refractivity contribution in [2.24, 2.45) is 7.05 Å². The number of hydrogen-bond donors (Lipinski definition) is 1. The highest BCUT2D eigenvalue weighted by atomic mass is 35.5. The summed E-state index contributed by atoms with van der Waals surface area (Å²) in [4.78, 5) is 29.3. The first kappa shape index (κ1) is 22.3. The molecule has 1 N–H and O–H groups in total. The molecule has 0 bridgehead atoms. The minimum Gasteiger partial charge on any atom is -0.453 e. The summed E-state index contributed by atoms with van der Waals surface area (Å²) >= 11 is 5.91. The Bertz CT molecular complexity index is 1630. The van der Waals surface area contributed by atoms with Gasteiger partial charge in [0.15, 0.2) is 17.3 Å². The van der Waals surface area contributed by atoms with Crippen LogP contribution in [0.2, 0.25) is 5.02 Å². The zero-order valence-electron chi connectivity index (χ0n) is 18.3. The van der Waals surface area contributed by atoms with Gasteiger partial charge in [-0.05, 0) is 48.5 Å². The number of pyridine rings is 1. The molecule has 35 heavy (non-hydrogen) atoms.